The molecule has 0 bridgehead atoms. The third-order valence-corrected chi connectivity index (χ3v) is 2.62. The Bertz CT molecular complexity index is 178. The second kappa shape index (κ2) is 4.61. The number of nitrogens with one attached hydrogen (secondary N) is 1. The van der Waals surface area contributed by atoms with Crippen LogP contribution in [-0.2, 0) is 4.79 Å². The molecule has 0 aliphatic heterocycles. The van der Waals surface area contributed by atoms with Gasteiger partial charge in [0.05, 0.1) is 6.04 Å². The van der Waals surface area contributed by atoms with Crippen LogP contribution in [0.2, 0.25) is 0 Å². The largest absolute Gasteiger partial charge is 0.368 e. The van der Waals surface area contributed by atoms with Crippen molar-refractivity contribution in [1.29, 1.82) is 0 Å². The van der Waals surface area contributed by atoms with Gasteiger partial charge in [-0.2, -0.15) is 0 Å². The zero-order valence-electron chi connectivity index (χ0n) is 8.55. The highest BCUT2D eigenvalue weighted by atomic mass is 16.1. The monoisotopic (exact) mass is 184 g/mol. The van der Waals surface area contributed by atoms with Crippen molar-refractivity contribution < 1.29 is 4.79 Å². The highest BCUT2D eigenvalue weighted by Crippen LogP contribution is 2.33. The Hall–Kier alpha value is -0.570. The zero-order chi connectivity index (χ0) is 9.84. The zero-order valence-corrected chi connectivity index (χ0v) is 8.55. The van der Waals surface area contributed by atoms with Gasteiger partial charge in [0.25, 0.3) is 0 Å². The Morgan fingerprint density at radius 1 is 1.62 bits per heavy atom. The molecule has 1 rings (SSSR count). The number of rotatable bonds is 6. The van der Waals surface area contributed by atoms with Gasteiger partial charge in [0, 0.05) is 6.04 Å². The lowest BCUT2D eigenvalue weighted by Gasteiger charge is -2.19. The third-order valence-electron chi connectivity index (χ3n) is 2.62. The molecule has 1 aliphatic rings. The smallest absolute Gasteiger partial charge is 0.234 e. The minimum absolute atomic E-state index is 0.145. The summed E-state index contributed by atoms with van der Waals surface area (Å²) in [4.78, 5) is 10.9. The number of carbonyl (C=O) groups excluding carboxylic acids is 1. The molecule has 0 aromatic rings. The molecule has 3 nitrogen and oxygen atoms in total. The number of hydrogen-bond donors (Lipinski definition) is 2. The van der Waals surface area contributed by atoms with Gasteiger partial charge in [0.1, 0.15) is 0 Å². The minimum Gasteiger partial charge on any atom is -0.368 e. The molecule has 2 atom stereocenters. The molecular weight excluding hydrogens is 164 g/mol. The standard InChI is InChI=1S/C10H20N2O/c1-3-9(10(11)13)12-7(2)6-8-4-5-8/h7-9,12H,3-6H2,1-2H3,(H2,11,13). The quantitative estimate of drug-likeness (QED) is 0.647. The number of hydrogen-bond acceptors (Lipinski definition) is 2. The van der Waals surface area contributed by atoms with Crippen LogP contribution in [0.4, 0.5) is 0 Å². The maximum absolute atomic E-state index is 10.9. The van der Waals surface area contributed by atoms with Crippen molar-refractivity contribution in [1.82, 2.24) is 5.32 Å². The highest BCUT2D eigenvalue weighted by molar-refractivity contribution is 5.79. The molecule has 0 radical (unpaired) electrons. The normalized spacial score (nSPS) is 21.1. The lowest BCUT2D eigenvalue weighted by molar-refractivity contribution is -0.120. The van der Waals surface area contributed by atoms with E-state index < -0.39 is 0 Å². The molecule has 0 spiro atoms. The summed E-state index contributed by atoms with van der Waals surface area (Å²) in [6.07, 6.45) is 4.69. The van der Waals surface area contributed by atoms with E-state index in [1.54, 1.807) is 0 Å². The van der Waals surface area contributed by atoms with Crippen LogP contribution >= 0.6 is 0 Å². The summed E-state index contributed by atoms with van der Waals surface area (Å²) in [6.45, 7) is 4.11. The van der Waals surface area contributed by atoms with Crippen LogP contribution in [0.25, 0.3) is 0 Å². The van der Waals surface area contributed by atoms with Crippen molar-refractivity contribution in [3.8, 4) is 0 Å². The molecule has 0 aromatic heterocycles. The van der Waals surface area contributed by atoms with Crippen LogP contribution in [-0.4, -0.2) is 18.0 Å². The second-order valence-corrected chi connectivity index (χ2v) is 4.11. The molecule has 1 saturated carbocycles. The molecular formula is C10H20N2O. The molecule has 2 unspecified atom stereocenters. The molecule has 0 heterocycles. The van der Waals surface area contributed by atoms with E-state index in [-0.39, 0.29) is 11.9 Å². The van der Waals surface area contributed by atoms with E-state index in [1.165, 1.54) is 19.3 Å². The van der Waals surface area contributed by atoms with Crippen LogP contribution in [0.1, 0.15) is 39.5 Å². The van der Waals surface area contributed by atoms with E-state index in [1.807, 2.05) is 6.92 Å². The van der Waals surface area contributed by atoms with E-state index in [4.69, 9.17) is 5.73 Å². The Morgan fingerprint density at radius 3 is 2.62 bits per heavy atom. The first kappa shape index (κ1) is 10.5. The van der Waals surface area contributed by atoms with Crippen molar-refractivity contribution in [3.05, 3.63) is 0 Å². The number of amides is 1. The van der Waals surface area contributed by atoms with E-state index in [2.05, 4.69) is 12.2 Å². The number of carbonyl (C=O) groups is 1. The fourth-order valence-corrected chi connectivity index (χ4v) is 1.67. The molecule has 1 fully saturated rings. The Morgan fingerprint density at radius 2 is 2.23 bits per heavy atom. The fraction of sp³-hybridized carbons (Fsp3) is 0.900. The molecule has 76 valence electrons. The highest BCUT2D eigenvalue weighted by Gasteiger charge is 2.25. The fourth-order valence-electron chi connectivity index (χ4n) is 1.67. The predicted molar refractivity (Wildman–Crippen MR) is 53.2 cm³/mol. The van der Waals surface area contributed by atoms with Crippen LogP contribution in [0.3, 0.4) is 0 Å². The molecule has 3 N–H and O–H groups in total. The summed E-state index contributed by atoms with van der Waals surface area (Å²) >= 11 is 0. The van der Waals surface area contributed by atoms with E-state index in [0.717, 1.165) is 12.3 Å². The van der Waals surface area contributed by atoms with Gasteiger partial charge >= 0.3 is 0 Å². The number of primary amides is 1. The van der Waals surface area contributed by atoms with E-state index in [9.17, 15) is 4.79 Å². The van der Waals surface area contributed by atoms with Gasteiger partial charge in [0.15, 0.2) is 0 Å². The summed E-state index contributed by atoms with van der Waals surface area (Å²) in [6, 6.07) is 0.277. The van der Waals surface area contributed by atoms with Gasteiger partial charge in [-0.15, -0.1) is 0 Å². The Labute approximate surface area is 80.1 Å². The van der Waals surface area contributed by atoms with Crippen molar-refractivity contribution in [2.24, 2.45) is 11.7 Å². The van der Waals surface area contributed by atoms with Crippen LogP contribution in [0, 0.1) is 5.92 Å². The van der Waals surface area contributed by atoms with Crippen LogP contribution < -0.4 is 11.1 Å². The first-order valence-electron chi connectivity index (χ1n) is 5.18. The predicted octanol–water partition coefficient (Wildman–Crippen LogP) is 1.03. The molecule has 1 aliphatic carbocycles. The average Bonchev–Trinajstić information content (AvgIpc) is 2.83. The summed E-state index contributed by atoms with van der Waals surface area (Å²) < 4.78 is 0. The van der Waals surface area contributed by atoms with Gasteiger partial charge < -0.3 is 11.1 Å². The summed E-state index contributed by atoms with van der Waals surface area (Å²) in [5.41, 5.74) is 5.24. The third kappa shape index (κ3) is 3.77. The van der Waals surface area contributed by atoms with Crippen LogP contribution in [0.5, 0.6) is 0 Å². The van der Waals surface area contributed by atoms with Gasteiger partial charge in [-0.25, -0.2) is 0 Å². The first-order valence-corrected chi connectivity index (χ1v) is 5.18. The van der Waals surface area contributed by atoms with Crippen molar-refractivity contribution in [2.75, 3.05) is 0 Å². The molecule has 1 amide bonds. The average molecular weight is 184 g/mol. The molecule has 0 aromatic carbocycles. The van der Waals surface area contributed by atoms with Gasteiger partial charge in [-0.1, -0.05) is 19.8 Å². The summed E-state index contributed by atoms with van der Waals surface area (Å²) in [5, 5.41) is 3.26. The maximum atomic E-state index is 10.9. The van der Waals surface area contributed by atoms with Crippen molar-refractivity contribution >= 4 is 5.91 Å². The van der Waals surface area contributed by atoms with E-state index >= 15 is 0 Å². The van der Waals surface area contributed by atoms with Crippen molar-refractivity contribution in [3.63, 3.8) is 0 Å². The molecule has 13 heavy (non-hydrogen) atoms. The summed E-state index contributed by atoms with van der Waals surface area (Å²) in [5.74, 6) is 0.665. The van der Waals surface area contributed by atoms with Crippen LogP contribution in [0.15, 0.2) is 0 Å². The molecule has 3 heteroatoms. The minimum atomic E-state index is -0.231. The summed E-state index contributed by atoms with van der Waals surface area (Å²) in [7, 11) is 0. The Kier molecular flexibility index (Phi) is 3.72. The topological polar surface area (TPSA) is 55.1 Å². The van der Waals surface area contributed by atoms with Gasteiger partial charge in [-0.3, -0.25) is 4.79 Å². The maximum Gasteiger partial charge on any atom is 0.234 e. The lowest BCUT2D eigenvalue weighted by atomic mass is 10.1. The lowest BCUT2D eigenvalue weighted by Crippen LogP contribution is -2.45. The second-order valence-electron chi connectivity index (χ2n) is 4.11. The number of nitrogens with two attached hydrogens (primary N) is 1. The van der Waals surface area contributed by atoms with Gasteiger partial charge in [0.2, 0.25) is 5.91 Å². The first-order chi connectivity index (χ1) is 6.13. The Balaban J connectivity index is 2.22. The van der Waals surface area contributed by atoms with Crippen molar-refractivity contribution in [2.45, 2.75) is 51.6 Å². The SMILES string of the molecule is CCC(NC(C)CC1CC1)C(N)=O. The van der Waals surface area contributed by atoms with Gasteiger partial charge in [-0.05, 0) is 25.7 Å². The molecule has 0 saturated heterocycles. The van der Waals surface area contributed by atoms with E-state index in [0.29, 0.717) is 6.04 Å².